The topological polar surface area (TPSA) is 71.4 Å². The zero-order valence-electron chi connectivity index (χ0n) is 24.5. The zero-order chi connectivity index (χ0) is 28.7. The summed E-state index contributed by atoms with van der Waals surface area (Å²) in [5, 5.41) is 3.15. The molecule has 0 aliphatic carbocycles. The number of Topliss-reactive ketones (excluding diaryl/α,β-unsaturated/α-hetero) is 1. The zero-order valence-corrected chi connectivity index (χ0v) is 24.5. The van der Waals surface area contributed by atoms with Crippen LogP contribution in [0.3, 0.4) is 0 Å². The van der Waals surface area contributed by atoms with Crippen LogP contribution in [0, 0.1) is 19.8 Å². The van der Waals surface area contributed by atoms with E-state index < -0.39 is 12.1 Å². The number of benzene rings is 2. The van der Waals surface area contributed by atoms with Crippen molar-refractivity contribution >= 4 is 11.7 Å². The SMILES string of the molecule is CC(=O)C[C@H](NC(=O)[C@@H](CC(C)C)n1cccc(CCN(C)C)c1=O)c1cccc(-c2c(C)cccc2C)c1. The summed E-state index contributed by atoms with van der Waals surface area (Å²) in [6.07, 6.45) is 3.00. The highest BCUT2D eigenvalue weighted by atomic mass is 16.2. The van der Waals surface area contributed by atoms with Crippen molar-refractivity contribution in [3.63, 3.8) is 0 Å². The third kappa shape index (κ3) is 7.99. The molecule has 39 heavy (non-hydrogen) atoms. The van der Waals surface area contributed by atoms with E-state index in [0.717, 1.165) is 23.2 Å². The van der Waals surface area contributed by atoms with Gasteiger partial charge in [0.1, 0.15) is 11.8 Å². The lowest BCUT2D eigenvalue weighted by atomic mass is 9.92. The first-order valence-corrected chi connectivity index (χ1v) is 13.8. The number of hydrogen-bond acceptors (Lipinski definition) is 4. The molecule has 0 saturated heterocycles. The van der Waals surface area contributed by atoms with Crippen LogP contribution in [0.2, 0.25) is 0 Å². The first kappa shape index (κ1) is 30.0. The van der Waals surface area contributed by atoms with Gasteiger partial charge in [-0.15, -0.1) is 0 Å². The van der Waals surface area contributed by atoms with Gasteiger partial charge in [-0.1, -0.05) is 56.3 Å². The van der Waals surface area contributed by atoms with Crippen LogP contribution in [0.1, 0.15) is 68.0 Å². The van der Waals surface area contributed by atoms with Crippen molar-refractivity contribution in [2.45, 2.75) is 66.0 Å². The van der Waals surface area contributed by atoms with Gasteiger partial charge in [0, 0.05) is 24.7 Å². The largest absolute Gasteiger partial charge is 0.347 e. The van der Waals surface area contributed by atoms with Crippen LogP contribution in [0.4, 0.5) is 0 Å². The number of nitrogens with one attached hydrogen (secondary N) is 1. The van der Waals surface area contributed by atoms with E-state index in [1.54, 1.807) is 17.7 Å². The number of nitrogens with zero attached hydrogens (tertiary/aromatic N) is 2. The van der Waals surface area contributed by atoms with Gasteiger partial charge < -0.3 is 14.8 Å². The van der Waals surface area contributed by atoms with Gasteiger partial charge in [-0.2, -0.15) is 0 Å². The Bertz CT molecular complexity index is 1340. The summed E-state index contributed by atoms with van der Waals surface area (Å²) in [6, 6.07) is 16.8. The molecular formula is C33H43N3O3. The highest BCUT2D eigenvalue weighted by molar-refractivity contribution is 5.83. The van der Waals surface area contributed by atoms with Gasteiger partial charge in [-0.25, -0.2) is 0 Å². The van der Waals surface area contributed by atoms with Crippen molar-refractivity contribution < 1.29 is 9.59 Å². The van der Waals surface area contributed by atoms with E-state index in [1.807, 2.05) is 63.2 Å². The van der Waals surface area contributed by atoms with Crippen LogP contribution in [0.25, 0.3) is 11.1 Å². The Morgan fingerprint density at radius 3 is 2.26 bits per heavy atom. The van der Waals surface area contributed by atoms with Crippen molar-refractivity contribution in [2.75, 3.05) is 20.6 Å². The summed E-state index contributed by atoms with van der Waals surface area (Å²) in [4.78, 5) is 41.6. The lowest BCUT2D eigenvalue weighted by molar-refractivity contribution is -0.126. The fourth-order valence-corrected chi connectivity index (χ4v) is 5.12. The number of ketones is 1. The van der Waals surface area contributed by atoms with E-state index in [1.165, 1.54) is 11.1 Å². The molecule has 3 rings (SSSR count). The van der Waals surface area contributed by atoms with E-state index in [2.05, 4.69) is 43.4 Å². The van der Waals surface area contributed by atoms with Gasteiger partial charge in [-0.05, 0) is 93.6 Å². The van der Waals surface area contributed by atoms with E-state index in [9.17, 15) is 14.4 Å². The number of carbonyl (C=O) groups is 2. The minimum Gasteiger partial charge on any atom is -0.347 e. The second-order valence-electron chi connectivity index (χ2n) is 11.3. The van der Waals surface area contributed by atoms with Crippen molar-refractivity contribution in [1.29, 1.82) is 0 Å². The lowest BCUT2D eigenvalue weighted by Gasteiger charge is -2.26. The van der Waals surface area contributed by atoms with E-state index in [-0.39, 0.29) is 29.6 Å². The van der Waals surface area contributed by atoms with Gasteiger partial charge in [0.15, 0.2) is 0 Å². The second kappa shape index (κ2) is 13.5. The van der Waals surface area contributed by atoms with Crippen molar-refractivity contribution in [3.05, 3.63) is 93.4 Å². The van der Waals surface area contributed by atoms with E-state index >= 15 is 0 Å². The molecule has 3 aromatic rings. The minimum atomic E-state index is -0.673. The maximum atomic E-state index is 13.8. The van der Waals surface area contributed by atoms with E-state index in [0.29, 0.717) is 18.4 Å². The highest BCUT2D eigenvalue weighted by Crippen LogP contribution is 2.30. The third-order valence-corrected chi connectivity index (χ3v) is 7.08. The first-order chi connectivity index (χ1) is 18.5. The molecule has 0 radical (unpaired) electrons. The summed E-state index contributed by atoms with van der Waals surface area (Å²) in [5.41, 5.74) is 5.97. The van der Waals surface area contributed by atoms with Crippen LogP contribution in [0.5, 0.6) is 0 Å². The number of aryl methyl sites for hydroxylation is 2. The van der Waals surface area contributed by atoms with Gasteiger partial charge in [0.05, 0.1) is 6.04 Å². The van der Waals surface area contributed by atoms with Crippen LogP contribution in [-0.4, -0.2) is 41.8 Å². The quantitative estimate of drug-likeness (QED) is 0.329. The Kier molecular flexibility index (Phi) is 10.4. The first-order valence-electron chi connectivity index (χ1n) is 13.8. The standard InChI is InChI=1S/C33H43N3O3/c1-22(2)19-30(36-17-10-15-26(33(36)39)16-18-35(6)7)32(38)34-29(20-25(5)37)27-13-9-14-28(21-27)31-23(3)11-8-12-24(31)4/h8-15,17,21-22,29-30H,16,18-20H2,1-7H3,(H,34,38)/t29-,30+/m0/s1. The molecule has 0 aliphatic rings. The van der Waals surface area contributed by atoms with Crippen LogP contribution >= 0.6 is 0 Å². The number of rotatable bonds is 12. The van der Waals surface area contributed by atoms with Crippen molar-refractivity contribution in [2.24, 2.45) is 5.92 Å². The maximum absolute atomic E-state index is 13.8. The van der Waals surface area contributed by atoms with Crippen LogP contribution in [0.15, 0.2) is 65.6 Å². The molecule has 6 nitrogen and oxygen atoms in total. The number of amides is 1. The average Bonchev–Trinajstić information content (AvgIpc) is 2.86. The summed E-state index contributed by atoms with van der Waals surface area (Å²) >= 11 is 0. The maximum Gasteiger partial charge on any atom is 0.254 e. The Morgan fingerprint density at radius 1 is 0.974 bits per heavy atom. The predicted molar refractivity (Wildman–Crippen MR) is 159 cm³/mol. The summed E-state index contributed by atoms with van der Waals surface area (Å²) < 4.78 is 1.57. The third-order valence-electron chi connectivity index (χ3n) is 7.08. The fraction of sp³-hybridized carbons (Fsp3) is 0.424. The Hall–Kier alpha value is -3.51. The fourth-order valence-electron chi connectivity index (χ4n) is 5.12. The number of likely N-dealkylation sites (N-methyl/N-ethyl adjacent to an activating group) is 1. The molecule has 2 atom stereocenters. The number of pyridine rings is 1. The molecule has 0 spiro atoms. The summed E-state index contributed by atoms with van der Waals surface area (Å²) in [5.74, 6) is -0.0722. The predicted octanol–water partition coefficient (Wildman–Crippen LogP) is 5.66. The van der Waals surface area contributed by atoms with Crippen molar-refractivity contribution in [1.82, 2.24) is 14.8 Å². The molecule has 0 fully saturated rings. The molecule has 1 amide bonds. The van der Waals surface area contributed by atoms with Gasteiger partial charge in [-0.3, -0.25) is 14.4 Å². The highest BCUT2D eigenvalue weighted by Gasteiger charge is 2.27. The molecule has 0 bridgehead atoms. The minimum absolute atomic E-state index is 0.0129. The Morgan fingerprint density at radius 2 is 1.64 bits per heavy atom. The number of hydrogen-bond donors (Lipinski definition) is 1. The molecule has 0 unspecified atom stereocenters. The molecule has 2 aromatic carbocycles. The molecule has 6 heteroatoms. The smallest absolute Gasteiger partial charge is 0.254 e. The Labute approximate surface area is 233 Å². The Balaban J connectivity index is 1.98. The molecule has 1 heterocycles. The molecular weight excluding hydrogens is 486 g/mol. The van der Waals surface area contributed by atoms with Gasteiger partial charge in [0.2, 0.25) is 5.91 Å². The van der Waals surface area contributed by atoms with E-state index in [4.69, 9.17) is 0 Å². The van der Waals surface area contributed by atoms with Gasteiger partial charge in [0.25, 0.3) is 5.56 Å². The average molecular weight is 530 g/mol. The monoisotopic (exact) mass is 529 g/mol. The molecule has 1 aromatic heterocycles. The molecule has 1 N–H and O–H groups in total. The normalized spacial score (nSPS) is 12.9. The number of aromatic nitrogens is 1. The summed E-state index contributed by atoms with van der Waals surface area (Å²) in [6.45, 7) is 10.6. The lowest BCUT2D eigenvalue weighted by Crippen LogP contribution is -2.40. The number of carbonyl (C=O) groups excluding carboxylic acids is 2. The molecule has 208 valence electrons. The molecule has 0 saturated carbocycles. The second-order valence-corrected chi connectivity index (χ2v) is 11.3. The van der Waals surface area contributed by atoms with Crippen molar-refractivity contribution in [3.8, 4) is 11.1 Å². The van der Waals surface area contributed by atoms with Crippen LogP contribution < -0.4 is 10.9 Å². The molecule has 0 aliphatic heterocycles. The van der Waals surface area contributed by atoms with Crippen LogP contribution in [-0.2, 0) is 16.0 Å². The summed E-state index contributed by atoms with van der Waals surface area (Å²) in [7, 11) is 3.95. The van der Waals surface area contributed by atoms with Gasteiger partial charge >= 0.3 is 0 Å².